The zero-order chi connectivity index (χ0) is 46.9. The first-order chi connectivity index (χ1) is 30.2. The average Bonchev–Trinajstić information content (AvgIpc) is 4.02. The monoisotopic (exact) mass is 967 g/mol. The van der Waals surface area contributed by atoms with Crippen molar-refractivity contribution in [1.82, 2.24) is 0 Å². The standard InChI is InChI=1S/C27H46O4Si.C21H30O3.C6H15ClOSi.Li.H/c1-24-10-7-16(28)15-27(24,30)20-13-17(20)22-19(24)8-11-25(2)23(22)18-14-21(18)26(25,29)9-6-12-31-32(3,4)5;1-19-5-4-14-16(17(19)11-7-12(11)18(19)23)13-8-15(13)21(24)9-10(22)3-6-20(14,21)2;1-9(2,3)8-6-4-5-7;;/h16-23,28-30H,6-15H2,1-5H3;10-17,22,24H,3-9H2,1-2H3;4-6H2,1-3H3;;/q;;;+1;-1/t16-,17-,18+,19?,20+,21-,22?,23?,24+,25-,26-,27+;10-,11+,12-,13-,14?,15+,16?,17?,19-,20+,21+;;;/m00.../s1. The smallest absolute Gasteiger partial charge is 1.00 e. The summed E-state index contributed by atoms with van der Waals surface area (Å²) in [6.45, 7) is 24.3. The van der Waals surface area contributed by atoms with Gasteiger partial charge < -0.3 is 35.8 Å². The van der Waals surface area contributed by atoms with E-state index in [4.69, 9.17) is 20.5 Å². The molecule has 5 N–H and O–H groups in total. The van der Waals surface area contributed by atoms with E-state index in [0.717, 1.165) is 103 Å². The molecule has 0 aliphatic heterocycles. The fraction of sp³-hybridized carbons (Fsp3) is 0.981. The number of hydrogen-bond donors (Lipinski definition) is 5. The van der Waals surface area contributed by atoms with Gasteiger partial charge >= 0.3 is 18.9 Å². The van der Waals surface area contributed by atoms with Crippen LogP contribution in [0.3, 0.4) is 0 Å². The third-order valence-electron chi connectivity index (χ3n) is 22.9. The van der Waals surface area contributed by atoms with Gasteiger partial charge in [-0.2, -0.15) is 0 Å². The Labute approximate surface area is 419 Å². The first kappa shape index (κ1) is 51.6. The maximum atomic E-state index is 12.9. The minimum absolute atomic E-state index is 0. The molecule has 0 radical (unpaired) electrons. The molecule has 372 valence electrons. The Bertz CT molecular complexity index is 1870. The number of rotatable bonds is 9. The summed E-state index contributed by atoms with van der Waals surface area (Å²) in [6, 6.07) is 0. The summed E-state index contributed by atoms with van der Waals surface area (Å²) in [6.07, 6.45) is 16.0. The Morgan fingerprint density at radius 3 is 1.59 bits per heavy atom. The topological polar surface area (TPSA) is 137 Å². The van der Waals surface area contributed by atoms with E-state index in [1.165, 1.54) is 6.42 Å². The molecule has 0 aromatic heterocycles. The zero-order valence-corrected chi connectivity index (χ0v) is 46.0. The molecule has 66 heavy (non-hydrogen) atoms. The van der Waals surface area contributed by atoms with Gasteiger partial charge in [0.25, 0.3) is 0 Å². The molecular weight excluding hydrogens is 875 g/mol. The summed E-state index contributed by atoms with van der Waals surface area (Å²) in [5.41, 5.74) is -2.00. The molecule has 0 amide bonds. The van der Waals surface area contributed by atoms with Crippen LogP contribution < -0.4 is 18.9 Å². The van der Waals surface area contributed by atoms with Crippen LogP contribution >= 0.6 is 11.6 Å². The van der Waals surface area contributed by atoms with Gasteiger partial charge in [-0.1, -0.05) is 27.7 Å². The van der Waals surface area contributed by atoms with Gasteiger partial charge in [0.05, 0.1) is 29.0 Å². The van der Waals surface area contributed by atoms with Gasteiger partial charge in [0.2, 0.25) is 0 Å². The zero-order valence-electron chi connectivity index (χ0n) is 44.2. The minimum Gasteiger partial charge on any atom is -1.00 e. The molecule has 0 saturated heterocycles. The van der Waals surface area contributed by atoms with Crippen molar-refractivity contribution in [2.75, 3.05) is 19.1 Å². The molecule has 12 aliphatic carbocycles. The van der Waals surface area contributed by atoms with Gasteiger partial charge in [0.15, 0.2) is 16.6 Å². The molecule has 8 nitrogen and oxygen atoms in total. The quantitative estimate of drug-likeness (QED) is 0.0953. The van der Waals surface area contributed by atoms with Gasteiger partial charge in [0, 0.05) is 43.3 Å². The van der Waals surface area contributed by atoms with Crippen LogP contribution in [0, 0.1) is 105 Å². The number of fused-ring (bicyclic) bond motifs is 20. The molecule has 0 bridgehead atoms. The van der Waals surface area contributed by atoms with Gasteiger partial charge in [-0.15, -0.1) is 11.6 Å². The second-order valence-electron chi connectivity index (χ2n) is 28.2. The number of carbonyl (C=O) groups excluding carboxylic acids is 1. The van der Waals surface area contributed by atoms with Crippen molar-refractivity contribution in [3.8, 4) is 0 Å². The molecule has 12 rings (SSSR count). The molecule has 23 atom stereocenters. The van der Waals surface area contributed by atoms with Crippen molar-refractivity contribution in [2.24, 2.45) is 105 Å². The molecule has 0 aromatic rings. The molecule has 12 aliphatic rings. The summed E-state index contributed by atoms with van der Waals surface area (Å²) >= 11 is 5.47. The summed E-state index contributed by atoms with van der Waals surface area (Å²) in [5.74, 6) is 9.19. The van der Waals surface area contributed by atoms with E-state index in [2.05, 4.69) is 67.0 Å². The van der Waals surface area contributed by atoms with Gasteiger partial charge in [-0.25, -0.2) is 0 Å². The average molecular weight is 968 g/mol. The van der Waals surface area contributed by atoms with E-state index in [1.807, 2.05) is 0 Å². The largest absolute Gasteiger partial charge is 1.00 e. The summed E-state index contributed by atoms with van der Waals surface area (Å²) in [5, 5.41) is 56.5. The minimum atomic E-state index is -1.51. The van der Waals surface area contributed by atoms with Crippen LogP contribution in [0.4, 0.5) is 0 Å². The van der Waals surface area contributed by atoms with E-state index in [9.17, 15) is 30.3 Å². The number of carbonyl (C=O) groups is 1. The Balaban J connectivity index is 0.000000154. The summed E-state index contributed by atoms with van der Waals surface area (Å²) in [4.78, 5) is 12.9. The van der Waals surface area contributed by atoms with E-state index in [1.54, 1.807) is 0 Å². The number of halogens is 1. The Morgan fingerprint density at radius 2 is 1.08 bits per heavy atom. The van der Waals surface area contributed by atoms with Crippen LogP contribution in [-0.2, 0) is 13.6 Å². The number of alkyl halides is 1. The normalized spacial score (nSPS) is 55.8. The van der Waals surface area contributed by atoms with Crippen molar-refractivity contribution >= 4 is 34.0 Å². The van der Waals surface area contributed by atoms with Crippen LogP contribution in [0.5, 0.6) is 0 Å². The van der Waals surface area contributed by atoms with Gasteiger partial charge in [0.1, 0.15) is 5.78 Å². The number of Topliss-reactive ketones (excluding diaryl/α,β-unsaturated/α-hetero) is 1. The van der Waals surface area contributed by atoms with Crippen LogP contribution in [0.25, 0.3) is 0 Å². The maximum absolute atomic E-state index is 12.9. The van der Waals surface area contributed by atoms with Crippen LogP contribution in [0.2, 0.25) is 39.3 Å². The van der Waals surface area contributed by atoms with Crippen molar-refractivity contribution in [3.63, 3.8) is 0 Å². The molecule has 12 fully saturated rings. The van der Waals surface area contributed by atoms with E-state index in [0.29, 0.717) is 107 Å². The molecule has 12 saturated carbocycles. The first-order valence-corrected chi connectivity index (χ1v) is 34.5. The molecule has 12 heteroatoms. The van der Waals surface area contributed by atoms with E-state index in [-0.39, 0.29) is 54.2 Å². The van der Waals surface area contributed by atoms with Crippen molar-refractivity contribution in [1.29, 1.82) is 0 Å². The Hall–Kier alpha value is 0.711. The fourth-order valence-electron chi connectivity index (χ4n) is 19.7. The molecule has 0 heterocycles. The van der Waals surface area contributed by atoms with Crippen molar-refractivity contribution in [3.05, 3.63) is 0 Å². The number of aliphatic hydroxyl groups excluding tert-OH is 2. The molecule has 6 unspecified atom stereocenters. The van der Waals surface area contributed by atoms with E-state index < -0.39 is 33.4 Å². The Morgan fingerprint density at radius 1 is 0.606 bits per heavy atom. The third-order valence-corrected chi connectivity index (χ3v) is 25.3. The number of ketones is 1. The van der Waals surface area contributed by atoms with Crippen LogP contribution in [0.1, 0.15) is 138 Å². The molecule has 0 aromatic carbocycles. The predicted molar refractivity (Wildman–Crippen MR) is 262 cm³/mol. The third kappa shape index (κ3) is 7.70. The SMILES string of the molecule is C[C@]12CCC3C(C1[C@@H]1C[C@@H]1C2=O)[C@H]1C[C@H]1[C@]1(O)C[C@@H](O)CC[C@]31C.C[C@]12CCC3C(C1[C@@H]1C[C@@H]1[C@@]2(O)CCCO[Si](C)(C)C)[C@H]1C[C@H]1[C@]1(O)C[C@@H](O)CC[C@]31C.C[Si](C)(C)OCCCCl.[H-].[Li+]. The maximum Gasteiger partial charge on any atom is 1.00 e. The second-order valence-corrected chi connectivity index (χ2v) is 37.6. The van der Waals surface area contributed by atoms with Gasteiger partial charge in [-0.05, 0) is 229 Å². The van der Waals surface area contributed by atoms with Crippen molar-refractivity contribution in [2.45, 2.75) is 205 Å². The molecular formula is C54H92ClLiO8Si2. The summed E-state index contributed by atoms with van der Waals surface area (Å²) in [7, 11) is -2.76. The molecule has 0 spiro atoms. The number of aliphatic hydroxyl groups is 5. The Kier molecular flexibility index (Phi) is 13.2. The van der Waals surface area contributed by atoms with Crippen molar-refractivity contribution < 1.29 is 59.5 Å². The van der Waals surface area contributed by atoms with Crippen LogP contribution in [-0.4, -0.2) is 96.1 Å². The second kappa shape index (κ2) is 16.9. The van der Waals surface area contributed by atoms with Crippen LogP contribution in [0.15, 0.2) is 0 Å². The van der Waals surface area contributed by atoms with Gasteiger partial charge in [-0.3, -0.25) is 4.79 Å². The van der Waals surface area contributed by atoms with E-state index >= 15 is 0 Å². The summed E-state index contributed by atoms with van der Waals surface area (Å²) < 4.78 is 11.7. The first-order valence-electron chi connectivity index (χ1n) is 27.1. The fourth-order valence-corrected chi connectivity index (χ4v) is 21.4. The predicted octanol–water partition coefficient (Wildman–Crippen LogP) is 6.95. The number of hydrogen-bond acceptors (Lipinski definition) is 8.